The molecule has 0 saturated carbocycles. The van der Waals surface area contributed by atoms with Crippen molar-refractivity contribution < 1.29 is 23.5 Å². The Morgan fingerprint density at radius 2 is 1.46 bits per heavy atom. The molecule has 15 heteroatoms. The van der Waals surface area contributed by atoms with E-state index in [4.69, 9.17) is 52.0 Å². The van der Waals surface area contributed by atoms with Gasteiger partial charge in [-0.05, 0) is 25.3 Å². The normalized spacial score (nSPS) is 16.0. The van der Waals surface area contributed by atoms with Crippen molar-refractivity contribution in [3.8, 4) is 45.4 Å². The number of piperidine rings is 1. The molecule has 2 saturated heterocycles. The second kappa shape index (κ2) is 16.9. The molecule has 0 bridgehead atoms. The third kappa shape index (κ3) is 8.19. The topological polar surface area (TPSA) is 157 Å². The maximum Gasteiger partial charge on any atom is 0.257 e. The van der Waals surface area contributed by atoms with Crippen molar-refractivity contribution in [1.82, 2.24) is 40.8 Å². The van der Waals surface area contributed by atoms with Gasteiger partial charge in [-0.15, -0.1) is 0 Å². The first-order chi connectivity index (χ1) is 26.3. The van der Waals surface area contributed by atoms with Crippen molar-refractivity contribution in [2.45, 2.75) is 50.9 Å². The molecular weight excluding hydrogens is 731 g/mol. The molecule has 2 fully saturated rings. The Morgan fingerprint density at radius 1 is 0.870 bits per heavy atom. The van der Waals surface area contributed by atoms with Gasteiger partial charge in [-0.25, -0.2) is 9.97 Å². The first-order valence-electron chi connectivity index (χ1n) is 17.8. The van der Waals surface area contributed by atoms with E-state index in [1.807, 2.05) is 41.3 Å². The van der Waals surface area contributed by atoms with Crippen LogP contribution in [0.4, 0.5) is 0 Å². The summed E-state index contributed by atoms with van der Waals surface area (Å²) < 4.78 is 16.3. The lowest BCUT2D eigenvalue weighted by atomic mass is 9.98. The van der Waals surface area contributed by atoms with Crippen molar-refractivity contribution in [3.05, 3.63) is 94.4 Å². The molecule has 3 N–H and O–H groups in total. The molecule has 2 aliphatic rings. The van der Waals surface area contributed by atoms with Gasteiger partial charge in [0, 0.05) is 73.5 Å². The molecule has 1 atom stereocenters. The highest BCUT2D eigenvalue weighted by atomic mass is 35.5. The van der Waals surface area contributed by atoms with E-state index in [0.29, 0.717) is 112 Å². The van der Waals surface area contributed by atoms with Crippen LogP contribution in [-0.2, 0) is 17.9 Å². The summed E-state index contributed by atoms with van der Waals surface area (Å²) in [6, 6.07) is 13.4. The summed E-state index contributed by atoms with van der Waals surface area (Å²) in [6.45, 7) is 2.82. The minimum Gasteiger partial charge on any atom is -0.480 e. The van der Waals surface area contributed by atoms with Crippen LogP contribution in [0.15, 0.2) is 71.8 Å². The van der Waals surface area contributed by atoms with E-state index in [9.17, 15) is 9.59 Å². The quantitative estimate of drug-likeness (QED) is 0.130. The van der Waals surface area contributed by atoms with E-state index in [1.54, 1.807) is 32.7 Å². The van der Waals surface area contributed by atoms with Crippen molar-refractivity contribution in [2.24, 2.45) is 0 Å². The summed E-state index contributed by atoms with van der Waals surface area (Å²) in [5, 5.41) is 10.7. The van der Waals surface area contributed by atoms with Gasteiger partial charge in [0.2, 0.25) is 17.7 Å². The molecular formula is C39H40Cl2N8O5. The number of carbonyl (C=O) groups excluding carboxylic acids is 2. The number of nitrogens with one attached hydrogen (secondary N) is 3. The van der Waals surface area contributed by atoms with Crippen LogP contribution < -0.4 is 25.4 Å². The maximum atomic E-state index is 12.7. The molecule has 0 spiro atoms. The lowest BCUT2D eigenvalue weighted by Gasteiger charge is -2.32. The second-order valence-corrected chi connectivity index (χ2v) is 13.9. The fraction of sp³-hybridized carbons (Fsp3) is 0.333. The maximum absolute atomic E-state index is 12.7. The largest absolute Gasteiger partial charge is 0.480 e. The molecule has 13 nitrogen and oxygen atoms in total. The fourth-order valence-electron chi connectivity index (χ4n) is 6.79. The van der Waals surface area contributed by atoms with Gasteiger partial charge in [-0.1, -0.05) is 59.6 Å². The summed E-state index contributed by atoms with van der Waals surface area (Å²) in [4.78, 5) is 44.9. The molecule has 0 aliphatic carbocycles. The zero-order chi connectivity index (χ0) is 37.6. The molecule has 1 unspecified atom stereocenters. The molecule has 2 aliphatic heterocycles. The molecule has 7 rings (SSSR count). The summed E-state index contributed by atoms with van der Waals surface area (Å²) >= 11 is 14.2. The number of halogens is 2. The molecule has 3 aromatic heterocycles. The van der Waals surface area contributed by atoms with Crippen molar-refractivity contribution in [2.75, 3.05) is 33.9 Å². The number of furan rings is 1. The average Bonchev–Trinajstić information content (AvgIpc) is 3.90. The standard InChI is InChI=1S/C39H40Cl2N8O5/c1-52-37-32(18-42-17-25-9-10-34(50)46-25)44-19-30(47-37)28-7-3-5-26(35(28)40)27-6-4-8-29(36(27)41)31-20-45-33(38(48-31)53-2)21-43-24-11-14-49(15-12-24)39(51)23-13-16-54-22-23/h3-8,13,16,19-20,22,24-25,42-43H,9-12,14-15,17-18,21H2,1-2H3,(H,46,50). The van der Waals surface area contributed by atoms with Crippen LogP contribution in [0.1, 0.15) is 47.4 Å². The molecule has 5 aromatic rings. The number of likely N-dealkylation sites (tertiary alicyclic amines) is 1. The zero-order valence-electron chi connectivity index (χ0n) is 29.9. The third-order valence-electron chi connectivity index (χ3n) is 9.73. The van der Waals surface area contributed by atoms with Crippen LogP contribution in [0.2, 0.25) is 10.0 Å². The van der Waals surface area contributed by atoms with Crippen molar-refractivity contribution in [3.63, 3.8) is 0 Å². The number of hydrogen-bond acceptors (Lipinski definition) is 11. The number of methoxy groups -OCH3 is 2. The Kier molecular flexibility index (Phi) is 11.7. The van der Waals surface area contributed by atoms with E-state index in [1.165, 1.54) is 12.5 Å². The lowest BCUT2D eigenvalue weighted by Crippen LogP contribution is -2.44. The summed E-state index contributed by atoms with van der Waals surface area (Å²) in [5.41, 5.74) is 5.75. The van der Waals surface area contributed by atoms with Gasteiger partial charge in [0.1, 0.15) is 17.7 Å². The lowest BCUT2D eigenvalue weighted by molar-refractivity contribution is -0.119. The van der Waals surface area contributed by atoms with Gasteiger partial charge in [0.05, 0.1) is 59.9 Å². The smallest absolute Gasteiger partial charge is 0.257 e. The van der Waals surface area contributed by atoms with Crippen molar-refractivity contribution >= 4 is 35.0 Å². The molecule has 54 heavy (non-hydrogen) atoms. The van der Waals surface area contributed by atoms with Crippen LogP contribution in [0.25, 0.3) is 33.6 Å². The van der Waals surface area contributed by atoms with Crippen molar-refractivity contribution in [1.29, 1.82) is 0 Å². The molecule has 2 amide bonds. The van der Waals surface area contributed by atoms with Crippen LogP contribution >= 0.6 is 23.2 Å². The predicted molar refractivity (Wildman–Crippen MR) is 204 cm³/mol. The number of nitrogens with zero attached hydrogens (tertiary/aromatic N) is 5. The van der Waals surface area contributed by atoms with E-state index >= 15 is 0 Å². The van der Waals surface area contributed by atoms with E-state index < -0.39 is 0 Å². The van der Waals surface area contributed by atoms with E-state index in [2.05, 4.69) is 20.9 Å². The second-order valence-electron chi connectivity index (χ2n) is 13.2. The third-order valence-corrected chi connectivity index (χ3v) is 10.5. The highest BCUT2D eigenvalue weighted by Gasteiger charge is 2.25. The van der Waals surface area contributed by atoms with Gasteiger partial charge >= 0.3 is 0 Å². The van der Waals surface area contributed by atoms with Crippen LogP contribution in [0.5, 0.6) is 11.8 Å². The first kappa shape index (κ1) is 37.2. The minimum atomic E-state index is -0.0126. The van der Waals surface area contributed by atoms with E-state index in [-0.39, 0.29) is 23.9 Å². The van der Waals surface area contributed by atoms with Crippen LogP contribution in [0.3, 0.4) is 0 Å². The predicted octanol–water partition coefficient (Wildman–Crippen LogP) is 5.95. The molecule has 280 valence electrons. The number of rotatable bonds is 13. The van der Waals surface area contributed by atoms with Gasteiger partial charge in [-0.3, -0.25) is 19.6 Å². The Hall–Kier alpha value is -5.08. The highest BCUT2D eigenvalue weighted by molar-refractivity contribution is 6.39. The summed E-state index contributed by atoms with van der Waals surface area (Å²) in [6.07, 6.45) is 9.34. The fourth-order valence-corrected chi connectivity index (χ4v) is 7.44. The number of amides is 2. The minimum absolute atomic E-state index is 0.0126. The number of hydrogen-bond donors (Lipinski definition) is 3. The van der Waals surface area contributed by atoms with E-state index in [0.717, 1.165) is 19.3 Å². The Bertz CT molecular complexity index is 2120. The first-order valence-corrected chi connectivity index (χ1v) is 18.5. The number of aromatic nitrogens is 4. The summed E-state index contributed by atoms with van der Waals surface area (Å²) in [5.74, 6) is 0.841. The Labute approximate surface area is 322 Å². The number of carbonyl (C=O) groups is 2. The van der Waals surface area contributed by atoms with Gasteiger partial charge in [-0.2, -0.15) is 0 Å². The highest BCUT2D eigenvalue weighted by Crippen LogP contribution is 2.42. The van der Waals surface area contributed by atoms with Gasteiger partial charge < -0.3 is 34.7 Å². The van der Waals surface area contributed by atoms with Crippen LogP contribution in [-0.4, -0.2) is 82.6 Å². The number of benzene rings is 2. The average molecular weight is 772 g/mol. The number of ether oxygens (including phenoxy) is 2. The Morgan fingerprint density at radius 3 is 2.00 bits per heavy atom. The SMILES string of the molecule is COc1nc(-c2cccc(-c3cccc(-c4cnc(CNC5CCN(C(=O)c6ccoc6)CC5)c(OC)n4)c3Cl)c2Cl)cnc1CNCC1CCC(=O)N1. The zero-order valence-corrected chi connectivity index (χ0v) is 31.4. The monoisotopic (exact) mass is 770 g/mol. The molecule has 0 radical (unpaired) electrons. The summed E-state index contributed by atoms with van der Waals surface area (Å²) in [7, 11) is 3.12. The van der Waals surface area contributed by atoms with Gasteiger partial charge in [0.25, 0.3) is 5.91 Å². The molecule has 5 heterocycles. The Balaban J connectivity index is 1.04. The molecule has 2 aromatic carbocycles. The van der Waals surface area contributed by atoms with Gasteiger partial charge in [0.15, 0.2) is 0 Å². The van der Waals surface area contributed by atoms with Crippen LogP contribution in [0, 0.1) is 0 Å².